The molecular formula is C12H13F2NO2. The summed E-state index contributed by atoms with van der Waals surface area (Å²) in [4.78, 5) is 16.9. The van der Waals surface area contributed by atoms with Gasteiger partial charge in [0.1, 0.15) is 0 Å². The zero-order chi connectivity index (χ0) is 12.3. The van der Waals surface area contributed by atoms with Crippen molar-refractivity contribution in [2.75, 3.05) is 13.2 Å². The first-order valence-electron chi connectivity index (χ1n) is 5.54. The minimum atomic E-state index is -0.935. The molecule has 0 spiro atoms. The average Bonchev–Trinajstić information content (AvgIpc) is 2.35. The van der Waals surface area contributed by atoms with E-state index in [1.54, 1.807) is 0 Å². The Kier molecular flexibility index (Phi) is 3.68. The van der Waals surface area contributed by atoms with E-state index in [1.165, 1.54) is 11.1 Å². The van der Waals surface area contributed by atoms with Crippen LogP contribution in [0.5, 0.6) is 0 Å². The molecule has 0 bridgehead atoms. The van der Waals surface area contributed by atoms with E-state index < -0.39 is 11.6 Å². The minimum Gasteiger partial charge on any atom is -0.272 e. The number of nitrogens with zero attached hydrogens (tertiary/aromatic N) is 1. The largest absolute Gasteiger partial charge is 0.272 e. The summed E-state index contributed by atoms with van der Waals surface area (Å²) in [5.74, 6) is -2.07. The topological polar surface area (TPSA) is 29.5 Å². The first kappa shape index (κ1) is 12.0. The predicted molar refractivity (Wildman–Crippen MR) is 57.0 cm³/mol. The van der Waals surface area contributed by atoms with Gasteiger partial charge < -0.3 is 0 Å². The lowest BCUT2D eigenvalue weighted by molar-refractivity contribution is -0.196. The first-order chi connectivity index (χ1) is 8.16. The van der Waals surface area contributed by atoms with Gasteiger partial charge in [0.2, 0.25) is 0 Å². The van der Waals surface area contributed by atoms with E-state index in [0.29, 0.717) is 18.7 Å². The van der Waals surface area contributed by atoms with Crippen LogP contribution in [0.4, 0.5) is 8.78 Å². The fraction of sp³-hybridized carbons (Fsp3) is 0.417. The van der Waals surface area contributed by atoms with Crippen molar-refractivity contribution in [3.05, 3.63) is 35.4 Å². The molecule has 0 N–H and O–H groups in total. The molecule has 1 aromatic carbocycles. The Morgan fingerprint density at radius 3 is 2.76 bits per heavy atom. The van der Waals surface area contributed by atoms with Crippen molar-refractivity contribution in [1.82, 2.24) is 5.06 Å². The van der Waals surface area contributed by atoms with E-state index >= 15 is 0 Å². The number of carbonyl (C=O) groups excluding carboxylic acids is 1. The molecule has 1 heterocycles. The Hall–Kier alpha value is -1.49. The third kappa shape index (κ3) is 3.00. The first-order valence-corrected chi connectivity index (χ1v) is 5.54. The van der Waals surface area contributed by atoms with E-state index in [4.69, 9.17) is 4.84 Å². The summed E-state index contributed by atoms with van der Waals surface area (Å²) in [5, 5.41) is 1.30. The van der Waals surface area contributed by atoms with Crippen molar-refractivity contribution >= 4 is 5.91 Å². The third-order valence-electron chi connectivity index (χ3n) is 2.62. The predicted octanol–water partition coefficient (Wildman–Crippen LogP) is 2.06. The number of hydrogen-bond acceptors (Lipinski definition) is 2. The van der Waals surface area contributed by atoms with Gasteiger partial charge in [-0.15, -0.1) is 0 Å². The summed E-state index contributed by atoms with van der Waals surface area (Å²) in [6.45, 7) is 1.09. The number of hydroxylamine groups is 2. The SMILES string of the molecule is O=C(Cc1ccc(F)c(F)c1)N1CCCCO1. The van der Waals surface area contributed by atoms with Gasteiger partial charge in [-0.1, -0.05) is 6.07 Å². The molecule has 17 heavy (non-hydrogen) atoms. The molecule has 0 atom stereocenters. The molecule has 1 saturated heterocycles. The normalized spacial score (nSPS) is 16.0. The summed E-state index contributed by atoms with van der Waals surface area (Å²) in [6.07, 6.45) is 1.87. The Morgan fingerprint density at radius 2 is 2.12 bits per heavy atom. The lowest BCUT2D eigenvalue weighted by atomic mass is 10.1. The molecule has 0 aliphatic carbocycles. The van der Waals surface area contributed by atoms with E-state index in [2.05, 4.69) is 0 Å². The lowest BCUT2D eigenvalue weighted by Gasteiger charge is -2.25. The second-order valence-electron chi connectivity index (χ2n) is 3.96. The third-order valence-corrected chi connectivity index (χ3v) is 2.62. The van der Waals surface area contributed by atoms with Crippen LogP contribution in [0, 0.1) is 11.6 Å². The second kappa shape index (κ2) is 5.23. The molecule has 1 fully saturated rings. The van der Waals surface area contributed by atoms with Gasteiger partial charge in [-0.3, -0.25) is 9.63 Å². The second-order valence-corrected chi connectivity index (χ2v) is 3.96. The fourth-order valence-electron chi connectivity index (χ4n) is 1.71. The van der Waals surface area contributed by atoms with Crippen molar-refractivity contribution in [3.8, 4) is 0 Å². The molecule has 1 aromatic rings. The molecule has 1 aliphatic heterocycles. The summed E-state index contributed by atoms with van der Waals surface area (Å²) in [7, 11) is 0. The molecule has 0 unspecified atom stereocenters. The van der Waals surface area contributed by atoms with Gasteiger partial charge in [0, 0.05) is 6.54 Å². The van der Waals surface area contributed by atoms with Crippen molar-refractivity contribution in [3.63, 3.8) is 0 Å². The number of halogens is 2. The highest BCUT2D eigenvalue weighted by atomic mass is 19.2. The van der Waals surface area contributed by atoms with Crippen molar-refractivity contribution < 1.29 is 18.4 Å². The maximum atomic E-state index is 12.9. The molecule has 2 rings (SSSR count). The van der Waals surface area contributed by atoms with Gasteiger partial charge in [-0.2, -0.15) is 0 Å². The number of hydrogen-bond donors (Lipinski definition) is 0. The van der Waals surface area contributed by atoms with Crippen molar-refractivity contribution in [1.29, 1.82) is 0 Å². The van der Waals surface area contributed by atoms with Crippen LogP contribution in [0.3, 0.4) is 0 Å². The van der Waals surface area contributed by atoms with E-state index in [9.17, 15) is 13.6 Å². The van der Waals surface area contributed by atoms with Crippen molar-refractivity contribution in [2.45, 2.75) is 19.3 Å². The number of rotatable bonds is 2. The van der Waals surface area contributed by atoms with Crippen LogP contribution in [0.25, 0.3) is 0 Å². The van der Waals surface area contributed by atoms with Gasteiger partial charge in [0.25, 0.3) is 5.91 Å². The molecule has 1 amide bonds. The Morgan fingerprint density at radius 1 is 1.29 bits per heavy atom. The van der Waals surface area contributed by atoms with Crippen molar-refractivity contribution in [2.24, 2.45) is 0 Å². The Labute approximate surface area is 97.9 Å². The summed E-state index contributed by atoms with van der Waals surface area (Å²) < 4.78 is 25.6. The molecule has 0 aromatic heterocycles. The number of benzene rings is 1. The molecule has 0 saturated carbocycles. The van der Waals surface area contributed by atoms with Gasteiger partial charge in [0.15, 0.2) is 11.6 Å². The molecule has 0 radical (unpaired) electrons. The van der Waals surface area contributed by atoms with Crippen LogP contribution in [-0.4, -0.2) is 24.1 Å². The van der Waals surface area contributed by atoms with E-state index in [1.807, 2.05) is 0 Å². The van der Waals surface area contributed by atoms with E-state index in [0.717, 1.165) is 25.0 Å². The van der Waals surface area contributed by atoms with Gasteiger partial charge >= 0.3 is 0 Å². The van der Waals surface area contributed by atoms with Gasteiger partial charge in [0.05, 0.1) is 13.0 Å². The van der Waals surface area contributed by atoms with Crippen LogP contribution >= 0.6 is 0 Å². The number of amides is 1. The van der Waals surface area contributed by atoms with Crippen LogP contribution in [0.1, 0.15) is 18.4 Å². The van der Waals surface area contributed by atoms with E-state index in [-0.39, 0.29) is 12.3 Å². The lowest BCUT2D eigenvalue weighted by Crippen LogP contribution is -2.36. The monoisotopic (exact) mass is 241 g/mol. The van der Waals surface area contributed by atoms with Gasteiger partial charge in [-0.25, -0.2) is 13.8 Å². The molecule has 1 aliphatic rings. The molecule has 92 valence electrons. The maximum Gasteiger partial charge on any atom is 0.250 e. The Balaban J connectivity index is 1.99. The molecular weight excluding hydrogens is 228 g/mol. The zero-order valence-electron chi connectivity index (χ0n) is 9.29. The van der Waals surface area contributed by atoms with Gasteiger partial charge in [-0.05, 0) is 30.5 Å². The summed E-state index contributed by atoms with van der Waals surface area (Å²) in [5.41, 5.74) is 0.447. The van der Waals surface area contributed by atoms with Crippen LogP contribution in [0.15, 0.2) is 18.2 Å². The van der Waals surface area contributed by atoms with Crippen LogP contribution < -0.4 is 0 Å². The highest BCUT2D eigenvalue weighted by molar-refractivity contribution is 5.77. The molecule has 5 heteroatoms. The smallest absolute Gasteiger partial charge is 0.250 e. The standard InChI is InChI=1S/C12H13F2NO2/c13-10-4-3-9(7-11(10)14)8-12(16)15-5-1-2-6-17-15/h3-4,7H,1-2,5-6,8H2. The zero-order valence-corrected chi connectivity index (χ0v) is 9.29. The molecule has 3 nitrogen and oxygen atoms in total. The fourth-order valence-corrected chi connectivity index (χ4v) is 1.71. The average molecular weight is 241 g/mol. The maximum absolute atomic E-state index is 12.9. The van der Waals surface area contributed by atoms with Crippen LogP contribution in [-0.2, 0) is 16.1 Å². The highest BCUT2D eigenvalue weighted by Crippen LogP contribution is 2.12. The minimum absolute atomic E-state index is 0.0250. The number of carbonyl (C=O) groups is 1. The quantitative estimate of drug-likeness (QED) is 0.793. The summed E-state index contributed by atoms with van der Waals surface area (Å²) in [6, 6.07) is 3.46. The summed E-state index contributed by atoms with van der Waals surface area (Å²) >= 11 is 0. The highest BCUT2D eigenvalue weighted by Gasteiger charge is 2.18. The van der Waals surface area contributed by atoms with Crippen LogP contribution in [0.2, 0.25) is 0 Å². The Bertz CT molecular complexity index is 417.